The van der Waals surface area contributed by atoms with Crippen molar-refractivity contribution in [2.24, 2.45) is 0 Å². The van der Waals surface area contributed by atoms with Crippen LogP contribution >= 0.6 is 0 Å². The van der Waals surface area contributed by atoms with E-state index in [9.17, 15) is 4.39 Å². The molecule has 1 nitrogen and oxygen atoms in total. The van der Waals surface area contributed by atoms with Crippen LogP contribution in [-0.2, 0) is 11.3 Å². The maximum Gasteiger partial charge on any atom is 0.126 e. The van der Waals surface area contributed by atoms with Gasteiger partial charge >= 0.3 is 0 Å². The van der Waals surface area contributed by atoms with Crippen LogP contribution in [-0.4, -0.2) is 7.11 Å². The molecule has 0 radical (unpaired) electrons. The number of halogens is 1. The van der Waals surface area contributed by atoms with Gasteiger partial charge in [0.15, 0.2) is 0 Å². The molecular weight excluding hydrogens is 167 g/mol. The van der Waals surface area contributed by atoms with Gasteiger partial charge in [-0.2, -0.15) is 0 Å². The van der Waals surface area contributed by atoms with Gasteiger partial charge in [-0.15, -0.1) is 0 Å². The second-order valence-electron chi connectivity index (χ2n) is 2.46. The van der Waals surface area contributed by atoms with Crippen molar-refractivity contribution in [3.63, 3.8) is 0 Å². The van der Waals surface area contributed by atoms with Gasteiger partial charge in [0.2, 0.25) is 0 Å². The van der Waals surface area contributed by atoms with E-state index in [4.69, 9.17) is 4.74 Å². The fraction of sp³-hybridized carbons (Fsp3) is 0.455. The lowest BCUT2D eigenvalue weighted by atomic mass is 10.1. The van der Waals surface area contributed by atoms with Crippen molar-refractivity contribution in [3.05, 3.63) is 35.1 Å². The van der Waals surface area contributed by atoms with Crippen LogP contribution in [0.3, 0.4) is 0 Å². The Kier molecular flexibility index (Phi) is 6.15. The molecule has 1 rings (SSSR count). The third-order valence-electron chi connectivity index (χ3n) is 1.68. The zero-order valence-corrected chi connectivity index (χ0v) is 8.73. The Balaban J connectivity index is 0.000000671. The first-order valence-corrected chi connectivity index (χ1v) is 4.48. The highest BCUT2D eigenvalue weighted by atomic mass is 19.1. The minimum Gasteiger partial charge on any atom is -0.380 e. The van der Waals surface area contributed by atoms with Gasteiger partial charge in [0, 0.05) is 7.11 Å². The quantitative estimate of drug-likeness (QED) is 0.685. The maximum atomic E-state index is 12.8. The first-order chi connectivity index (χ1) is 6.25. The van der Waals surface area contributed by atoms with Crippen LogP contribution in [0.2, 0.25) is 0 Å². The molecular formula is C11H17FO. The van der Waals surface area contributed by atoms with Crippen molar-refractivity contribution in [2.75, 3.05) is 7.11 Å². The molecule has 0 unspecified atom stereocenters. The van der Waals surface area contributed by atoms with Crippen molar-refractivity contribution < 1.29 is 9.13 Å². The van der Waals surface area contributed by atoms with E-state index in [0.29, 0.717) is 12.2 Å². The monoisotopic (exact) mass is 184 g/mol. The van der Waals surface area contributed by atoms with Crippen LogP contribution in [0.15, 0.2) is 18.2 Å². The largest absolute Gasteiger partial charge is 0.380 e. The highest BCUT2D eigenvalue weighted by molar-refractivity contribution is 5.26. The summed E-state index contributed by atoms with van der Waals surface area (Å²) in [5.74, 6) is -0.167. The highest BCUT2D eigenvalue weighted by Gasteiger charge is 2.01. The highest BCUT2D eigenvalue weighted by Crippen LogP contribution is 2.12. The van der Waals surface area contributed by atoms with Crippen molar-refractivity contribution >= 4 is 0 Å². The average molecular weight is 184 g/mol. The number of hydrogen-bond donors (Lipinski definition) is 0. The second kappa shape index (κ2) is 6.61. The van der Waals surface area contributed by atoms with E-state index in [1.54, 1.807) is 20.1 Å². The molecule has 0 N–H and O–H groups in total. The lowest BCUT2D eigenvalue weighted by Crippen LogP contribution is -1.93. The summed E-state index contributed by atoms with van der Waals surface area (Å²) in [7, 11) is 1.60. The minimum absolute atomic E-state index is 0.167. The Labute approximate surface area is 79.5 Å². The standard InChI is InChI=1S/C9H11FO.C2H6/c1-7-8(6-11-2)4-3-5-9(7)10;1-2/h3-5H,6H2,1-2H3;1-2H3. The molecule has 0 atom stereocenters. The Morgan fingerprint density at radius 2 is 1.92 bits per heavy atom. The smallest absolute Gasteiger partial charge is 0.126 e. The number of ether oxygens (including phenoxy) is 1. The summed E-state index contributed by atoms with van der Waals surface area (Å²) in [4.78, 5) is 0. The Morgan fingerprint density at radius 1 is 1.31 bits per heavy atom. The van der Waals surface area contributed by atoms with Crippen LogP contribution in [0.25, 0.3) is 0 Å². The molecule has 0 bridgehead atoms. The van der Waals surface area contributed by atoms with Crippen LogP contribution in [0, 0.1) is 12.7 Å². The van der Waals surface area contributed by atoms with Crippen molar-refractivity contribution in [3.8, 4) is 0 Å². The number of benzene rings is 1. The predicted octanol–water partition coefficient (Wildman–Crippen LogP) is 3.31. The van der Waals surface area contributed by atoms with Crippen LogP contribution in [0.1, 0.15) is 25.0 Å². The molecule has 0 aliphatic carbocycles. The molecule has 0 fully saturated rings. The van der Waals surface area contributed by atoms with E-state index in [1.165, 1.54) is 6.07 Å². The number of rotatable bonds is 2. The first-order valence-electron chi connectivity index (χ1n) is 4.48. The van der Waals surface area contributed by atoms with Gasteiger partial charge in [-0.05, 0) is 24.1 Å². The lowest BCUT2D eigenvalue weighted by Gasteiger charge is -2.03. The molecule has 0 heterocycles. The summed E-state index contributed by atoms with van der Waals surface area (Å²) < 4.78 is 17.7. The molecule has 0 saturated heterocycles. The van der Waals surface area contributed by atoms with Crippen molar-refractivity contribution in [2.45, 2.75) is 27.4 Å². The van der Waals surface area contributed by atoms with E-state index in [2.05, 4.69) is 0 Å². The molecule has 0 aromatic heterocycles. The van der Waals surface area contributed by atoms with Gasteiger partial charge < -0.3 is 4.74 Å². The van der Waals surface area contributed by atoms with Crippen LogP contribution in [0.4, 0.5) is 4.39 Å². The van der Waals surface area contributed by atoms with Crippen molar-refractivity contribution in [1.82, 2.24) is 0 Å². The molecule has 1 aromatic carbocycles. The summed E-state index contributed by atoms with van der Waals surface area (Å²) in [6.45, 7) is 6.23. The van der Waals surface area contributed by atoms with Gasteiger partial charge in [0.25, 0.3) is 0 Å². The molecule has 74 valence electrons. The third-order valence-corrected chi connectivity index (χ3v) is 1.68. The SMILES string of the molecule is CC.COCc1cccc(F)c1C. The van der Waals surface area contributed by atoms with Gasteiger partial charge in [-0.25, -0.2) is 4.39 Å². The van der Waals surface area contributed by atoms with E-state index < -0.39 is 0 Å². The van der Waals surface area contributed by atoms with E-state index in [1.807, 2.05) is 19.9 Å². The van der Waals surface area contributed by atoms with E-state index in [0.717, 1.165) is 5.56 Å². The summed E-state index contributed by atoms with van der Waals surface area (Å²) in [6, 6.07) is 5.01. The first kappa shape index (κ1) is 12.1. The Morgan fingerprint density at radius 3 is 2.46 bits per heavy atom. The van der Waals surface area contributed by atoms with Crippen LogP contribution in [0.5, 0.6) is 0 Å². The molecule has 1 aromatic rings. The fourth-order valence-electron chi connectivity index (χ4n) is 0.964. The second-order valence-corrected chi connectivity index (χ2v) is 2.46. The fourth-order valence-corrected chi connectivity index (χ4v) is 0.964. The molecule has 0 spiro atoms. The summed E-state index contributed by atoms with van der Waals surface area (Å²) in [6.07, 6.45) is 0. The van der Waals surface area contributed by atoms with Gasteiger partial charge in [-0.1, -0.05) is 26.0 Å². The Bertz CT molecular complexity index is 246. The topological polar surface area (TPSA) is 9.23 Å². The van der Waals surface area contributed by atoms with Gasteiger partial charge in [0.1, 0.15) is 5.82 Å². The van der Waals surface area contributed by atoms with E-state index >= 15 is 0 Å². The van der Waals surface area contributed by atoms with E-state index in [-0.39, 0.29) is 5.82 Å². The van der Waals surface area contributed by atoms with Gasteiger partial charge in [-0.3, -0.25) is 0 Å². The molecule has 0 aliphatic heterocycles. The third kappa shape index (κ3) is 3.55. The average Bonchev–Trinajstić information content (AvgIpc) is 2.17. The maximum absolute atomic E-state index is 12.8. The lowest BCUT2D eigenvalue weighted by molar-refractivity contribution is 0.184. The predicted molar refractivity (Wildman–Crippen MR) is 53.2 cm³/mol. The van der Waals surface area contributed by atoms with Crippen LogP contribution < -0.4 is 0 Å². The summed E-state index contributed by atoms with van der Waals surface area (Å²) in [5.41, 5.74) is 1.59. The Hall–Kier alpha value is -0.890. The molecule has 13 heavy (non-hydrogen) atoms. The van der Waals surface area contributed by atoms with Gasteiger partial charge in [0.05, 0.1) is 6.61 Å². The number of methoxy groups -OCH3 is 1. The molecule has 0 saturated carbocycles. The zero-order valence-electron chi connectivity index (χ0n) is 8.73. The normalized spacial score (nSPS) is 9.00. The molecule has 2 heteroatoms. The zero-order chi connectivity index (χ0) is 10.3. The molecule has 0 amide bonds. The number of hydrogen-bond acceptors (Lipinski definition) is 1. The van der Waals surface area contributed by atoms with Crippen molar-refractivity contribution in [1.29, 1.82) is 0 Å². The molecule has 0 aliphatic rings. The summed E-state index contributed by atoms with van der Waals surface area (Å²) in [5, 5.41) is 0. The minimum atomic E-state index is -0.167. The summed E-state index contributed by atoms with van der Waals surface area (Å²) >= 11 is 0.